The Morgan fingerprint density at radius 1 is 1.33 bits per heavy atom. The van der Waals surface area contributed by atoms with Gasteiger partial charge in [0.15, 0.2) is 0 Å². The topological polar surface area (TPSA) is 49.8 Å². The fourth-order valence-electron chi connectivity index (χ4n) is 1.19. The zero-order chi connectivity index (χ0) is 10.7. The molecule has 0 unspecified atom stereocenters. The Bertz CT molecular complexity index is 496. The van der Waals surface area contributed by atoms with Crippen LogP contribution in [0, 0.1) is 11.3 Å². The average Bonchev–Trinajstić information content (AvgIpc) is 2.68. The van der Waals surface area contributed by atoms with E-state index in [4.69, 9.17) is 21.3 Å². The number of oxazole rings is 1. The van der Waals surface area contributed by atoms with Gasteiger partial charge in [0, 0.05) is 10.6 Å². The molecule has 4 heteroatoms. The molecule has 0 aliphatic rings. The molecule has 0 bridgehead atoms. The first-order chi connectivity index (χ1) is 7.29. The summed E-state index contributed by atoms with van der Waals surface area (Å²) in [7, 11) is 0. The molecule has 1 aromatic heterocycles. The normalized spacial score (nSPS) is 9.87. The SMILES string of the molecule is N#CCc1coc(-c2ccc(Cl)cc2)n1. The lowest BCUT2D eigenvalue weighted by molar-refractivity contribution is 0.573. The molecule has 0 fully saturated rings. The third-order valence-corrected chi connectivity index (χ3v) is 2.16. The smallest absolute Gasteiger partial charge is 0.226 e. The van der Waals surface area contributed by atoms with Crippen molar-refractivity contribution in [2.24, 2.45) is 0 Å². The maximum absolute atomic E-state index is 8.49. The van der Waals surface area contributed by atoms with Crippen LogP contribution in [0.4, 0.5) is 0 Å². The predicted molar refractivity (Wildman–Crippen MR) is 56.3 cm³/mol. The summed E-state index contributed by atoms with van der Waals surface area (Å²) in [6.07, 6.45) is 1.75. The molecule has 0 aliphatic carbocycles. The first-order valence-corrected chi connectivity index (χ1v) is 4.74. The monoisotopic (exact) mass is 218 g/mol. The van der Waals surface area contributed by atoms with Crippen molar-refractivity contribution in [3.63, 3.8) is 0 Å². The molecule has 2 rings (SSSR count). The van der Waals surface area contributed by atoms with Gasteiger partial charge in [0.2, 0.25) is 5.89 Å². The minimum absolute atomic E-state index is 0.261. The number of aromatic nitrogens is 1. The average molecular weight is 219 g/mol. The second-order valence-corrected chi connectivity index (χ2v) is 3.42. The molecule has 0 saturated heterocycles. The van der Waals surface area contributed by atoms with Crippen LogP contribution >= 0.6 is 11.6 Å². The van der Waals surface area contributed by atoms with Gasteiger partial charge in [0.1, 0.15) is 6.26 Å². The maximum atomic E-state index is 8.49. The Hall–Kier alpha value is -1.79. The summed E-state index contributed by atoms with van der Waals surface area (Å²) in [4.78, 5) is 4.17. The van der Waals surface area contributed by atoms with E-state index in [1.807, 2.05) is 18.2 Å². The second-order valence-electron chi connectivity index (χ2n) is 2.99. The summed E-state index contributed by atoms with van der Waals surface area (Å²) in [5, 5.41) is 9.16. The number of nitrogens with zero attached hydrogens (tertiary/aromatic N) is 2. The molecule has 0 aliphatic heterocycles. The molecule has 0 radical (unpaired) electrons. The molecule has 2 aromatic rings. The van der Waals surface area contributed by atoms with E-state index < -0.39 is 0 Å². The van der Waals surface area contributed by atoms with Crippen molar-refractivity contribution in [3.8, 4) is 17.5 Å². The Labute approximate surface area is 91.9 Å². The highest BCUT2D eigenvalue weighted by atomic mass is 35.5. The summed E-state index contributed by atoms with van der Waals surface area (Å²) in [5.74, 6) is 0.511. The Balaban J connectivity index is 2.30. The number of halogens is 1. The van der Waals surface area contributed by atoms with Crippen LogP contribution in [0.2, 0.25) is 5.02 Å². The van der Waals surface area contributed by atoms with Gasteiger partial charge in [-0.1, -0.05) is 11.6 Å². The van der Waals surface area contributed by atoms with E-state index in [1.165, 1.54) is 6.26 Å². The van der Waals surface area contributed by atoms with Crippen molar-refractivity contribution >= 4 is 11.6 Å². The third-order valence-electron chi connectivity index (χ3n) is 1.90. The van der Waals surface area contributed by atoms with Gasteiger partial charge >= 0.3 is 0 Å². The van der Waals surface area contributed by atoms with Crippen LogP contribution in [-0.4, -0.2) is 4.98 Å². The number of nitriles is 1. The molecule has 0 amide bonds. The van der Waals surface area contributed by atoms with Crippen molar-refractivity contribution in [3.05, 3.63) is 41.2 Å². The minimum atomic E-state index is 0.261. The molecule has 1 aromatic carbocycles. The lowest BCUT2D eigenvalue weighted by Gasteiger charge is -1.94. The van der Waals surface area contributed by atoms with Crippen LogP contribution in [0.15, 0.2) is 34.9 Å². The summed E-state index contributed by atoms with van der Waals surface area (Å²) in [6.45, 7) is 0. The molecule has 0 N–H and O–H groups in total. The van der Waals surface area contributed by atoms with Gasteiger partial charge < -0.3 is 4.42 Å². The van der Waals surface area contributed by atoms with E-state index >= 15 is 0 Å². The Morgan fingerprint density at radius 2 is 2.07 bits per heavy atom. The standard InChI is InChI=1S/C11H7ClN2O/c12-9-3-1-8(2-4-9)11-14-10(5-6-13)7-15-11/h1-4,7H,5H2. The van der Waals surface area contributed by atoms with Gasteiger partial charge in [-0.2, -0.15) is 5.26 Å². The molecule has 0 spiro atoms. The predicted octanol–water partition coefficient (Wildman–Crippen LogP) is 3.06. The van der Waals surface area contributed by atoms with Crippen LogP contribution < -0.4 is 0 Å². The molecular formula is C11H7ClN2O. The van der Waals surface area contributed by atoms with E-state index in [1.54, 1.807) is 12.1 Å². The lowest BCUT2D eigenvalue weighted by Crippen LogP contribution is -1.81. The fraction of sp³-hybridized carbons (Fsp3) is 0.0909. The summed E-state index contributed by atoms with van der Waals surface area (Å²) in [6, 6.07) is 9.20. The van der Waals surface area contributed by atoms with Crippen molar-refractivity contribution in [1.29, 1.82) is 5.26 Å². The van der Waals surface area contributed by atoms with E-state index in [-0.39, 0.29) is 6.42 Å². The molecule has 0 atom stereocenters. The van der Waals surface area contributed by atoms with Crippen LogP contribution in [0.3, 0.4) is 0 Å². The van der Waals surface area contributed by atoms with Gasteiger partial charge in [-0.25, -0.2) is 4.98 Å². The van der Waals surface area contributed by atoms with Crippen molar-refractivity contribution in [2.45, 2.75) is 6.42 Å². The highest BCUT2D eigenvalue weighted by Gasteiger charge is 2.05. The molecule has 0 saturated carbocycles. The zero-order valence-corrected chi connectivity index (χ0v) is 8.53. The summed E-state index contributed by atoms with van der Waals surface area (Å²) in [5.41, 5.74) is 1.49. The van der Waals surface area contributed by atoms with Gasteiger partial charge in [0.05, 0.1) is 18.2 Å². The molecular weight excluding hydrogens is 212 g/mol. The number of hydrogen-bond acceptors (Lipinski definition) is 3. The van der Waals surface area contributed by atoms with Gasteiger partial charge in [-0.05, 0) is 24.3 Å². The van der Waals surface area contributed by atoms with E-state index in [0.29, 0.717) is 16.6 Å². The van der Waals surface area contributed by atoms with Crippen LogP contribution in [0.1, 0.15) is 5.69 Å². The highest BCUT2D eigenvalue weighted by molar-refractivity contribution is 6.30. The Morgan fingerprint density at radius 3 is 2.73 bits per heavy atom. The second kappa shape index (κ2) is 4.16. The lowest BCUT2D eigenvalue weighted by atomic mass is 10.2. The Kier molecular flexibility index (Phi) is 2.70. The van der Waals surface area contributed by atoms with Crippen molar-refractivity contribution in [2.75, 3.05) is 0 Å². The highest BCUT2D eigenvalue weighted by Crippen LogP contribution is 2.20. The van der Waals surface area contributed by atoms with Crippen LogP contribution in [0.25, 0.3) is 11.5 Å². The first-order valence-electron chi connectivity index (χ1n) is 4.37. The quantitative estimate of drug-likeness (QED) is 0.779. The summed E-state index contributed by atoms with van der Waals surface area (Å²) >= 11 is 5.76. The fourth-order valence-corrected chi connectivity index (χ4v) is 1.32. The molecule has 15 heavy (non-hydrogen) atoms. The van der Waals surface area contributed by atoms with E-state index in [0.717, 1.165) is 5.56 Å². The molecule has 1 heterocycles. The minimum Gasteiger partial charge on any atom is -0.444 e. The third kappa shape index (κ3) is 2.17. The molecule has 74 valence electrons. The van der Waals surface area contributed by atoms with Crippen LogP contribution in [-0.2, 0) is 6.42 Å². The number of benzene rings is 1. The van der Waals surface area contributed by atoms with E-state index in [2.05, 4.69) is 4.98 Å². The van der Waals surface area contributed by atoms with Gasteiger partial charge in [-0.3, -0.25) is 0 Å². The molecule has 3 nitrogen and oxygen atoms in total. The number of hydrogen-bond donors (Lipinski definition) is 0. The summed E-state index contributed by atoms with van der Waals surface area (Å²) < 4.78 is 5.24. The number of rotatable bonds is 2. The maximum Gasteiger partial charge on any atom is 0.226 e. The zero-order valence-electron chi connectivity index (χ0n) is 7.77. The van der Waals surface area contributed by atoms with Crippen molar-refractivity contribution in [1.82, 2.24) is 4.98 Å². The van der Waals surface area contributed by atoms with Gasteiger partial charge in [-0.15, -0.1) is 0 Å². The van der Waals surface area contributed by atoms with Crippen molar-refractivity contribution < 1.29 is 4.42 Å². The van der Waals surface area contributed by atoms with Crippen LogP contribution in [0.5, 0.6) is 0 Å². The largest absolute Gasteiger partial charge is 0.444 e. The first kappa shape index (κ1) is 9.75. The van der Waals surface area contributed by atoms with E-state index in [9.17, 15) is 0 Å². The van der Waals surface area contributed by atoms with Gasteiger partial charge in [0.25, 0.3) is 0 Å².